The Balaban J connectivity index is 1.82. The summed E-state index contributed by atoms with van der Waals surface area (Å²) in [4.78, 5) is 4.09. The molecule has 2 aliphatic heterocycles. The number of hydrogen-bond donors (Lipinski definition) is 3. The molecule has 22 heavy (non-hydrogen) atoms. The maximum Gasteiger partial charge on any atom is 0.231 e. The Bertz CT molecular complexity index is 764. The molecule has 0 saturated carbocycles. The smallest absolute Gasteiger partial charge is 0.231 e. The molecule has 7 heteroatoms. The van der Waals surface area contributed by atoms with Crippen molar-refractivity contribution in [1.29, 1.82) is 0 Å². The molecule has 0 radical (unpaired) electrons. The van der Waals surface area contributed by atoms with E-state index in [9.17, 15) is 5.21 Å². The zero-order valence-corrected chi connectivity index (χ0v) is 11.6. The molecule has 0 amide bonds. The van der Waals surface area contributed by atoms with E-state index in [1.54, 1.807) is 6.21 Å². The molecule has 112 valence electrons. The number of benzene rings is 1. The van der Waals surface area contributed by atoms with Crippen LogP contribution in [-0.2, 0) is 0 Å². The van der Waals surface area contributed by atoms with E-state index in [2.05, 4.69) is 15.5 Å². The predicted molar refractivity (Wildman–Crippen MR) is 81.0 cm³/mol. The quantitative estimate of drug-likeness (QED) is 0.534. The molecule has 0 fully saturated rings. The van der Waals surface area contributed by atoms with Crippen molar-refractivity contribution in [1.82, 2.24) is 5.32 Å². The minimum Gasteiger partial charge on any atom is -0.454 e. The number of nitrogens with one attached hydrogen (secondary N) is 1. The molecule has 0 aromatic heterocycles. The van der Waals surface area contributed by atoms with Gasteiger partial charge in [-0.05, 0) is 17.7 Å². The highest BCUT2D eigenvalue weighted by Gasteiger charge is 2.27. The minimum absolute atomic E-state index is 0.213. The highest BCUT2D eigenvalue weighted by Crippen LogP contribution is 2.41. The van der Waals surface area contributed by atoms with Gasteiger partial charge in [0.1, 0.15) is 0 Å². The van der Waals surface area contributed by atoms with Gasteiger partial charge in [-0.2, -0.15) is 0 Å². The second-order valence-electron chi connectivity index (χ2n) is 5.13. The molecule has 3 aliphatic rings. The summed E-state index contributed by atoms with van der Waals surface area (Å²) in [6, 6.07) is 5.73. The van der Waals surface area contributed by atoms with Crippen LogP contribution < -0.4 is 20.5 Å². The summed E-state index contributed by atoms with van der Waals surface area (Å²) in [6.07, 6.45) is 3.58. The van der Waals surface area contributed by atoms with Crippen molar-refractivity contribution < 1.29 is 14.7 Å². The fourth-order valence-electron chi connectivity index (χ4n) is 2.79. The molecule has 0 bridgehead atoms. The van der Waals surface area contributed by atoms with Crippen LogP contribution in [0.2, 0.25) is 0 Å². The third-order valence-corrected chi connectivity index (χ3v) is 3.81. The number of rotatable bonds is 1. The predicted octanol–water partition coefficient (Wildman–Crippen LogP) is 1.20. The molecule has 1 unspecified atom stereocenters. The molecule has 2 heterocycles. The second kappa shape index (κ2) is 4.88. The van der Waals surface area contributed by atoms with E-state index >= 15 is 0 Å². The van der Waals surface area contributed by atoms with Crippen LogP contribution in [0.15, 0.2) is 45.7 Å². The van der Waals surface area contributed by atoms with Crippen LogP contribution in [0.25, 0.3) is 5.57 Å². The molecule has 0 spiro atoms. The Kier molecular flexibility index (Phi) is 2.87. The van der Waals surface area contributed by atoms with E-state index in [4.69, 9.17) is 15.2 Å². The number of allylic oxidation sites excluding steroid dienone is 3. The summed E-state index contributed by atoms with van der Waals surface area (Å²) >= 11 is 0. The van der Waals surface area contributed by atoms with Crippen molar-refractivity contribution >= 4 is 17.5 Å². The van der Waals surface area contributed by atoms with Crippen molar-refractivity contribution in [3.8, 4) is 11.5 Å². The lowest BCUT2D eigenvalue weighted by Gasteiger charge is -2.25. The minimum atomic E-state index is -0.504. The standard InChI is InChI=1S/C15H14N4O3/c16-15-17-6-10-11(18-15)4-8(5-12(10)19-20)9-2-1-3-13-14(9)22-7-21-13/h1-4,6,15,18,20H,5,7,16H2. The molecular weight excluding hydrogens is 284 g/mol. The molecular formula is C15H14N4O3. The largest absolute Gasteiger partial charge is 0.454 e. The Morgan fingerprint density at radius 3 is 3.14 bits per heavy atom. The third-order valence-electron chi connectivity index (χ3n) is 3.81. The first-order valence-corrected chi connectivity index (χ1v) is 6.86. The summed E-state index contributed by atoms with van der Waals surface area (Å²) in [5.41, 5.74) is 9.73. The monoisotopic (exact) mass is 298 g/mol. The number of nitrogens with two attached hydrogens (primary N) is 1. The van der Waals surface area contributed by atoms with Gasteiger partial charge in [-0.15, -0.1) is 0 Å². The van der Waals surface area contributed by atoms with Crippen molar-refractivity contribution in [2.75, 3.05) is 6.79 Å². The number of fused-ring (bicyclic) bond motifs is 1. The van der Waals surface area contributed by atoms with Crippen LogP contribution in [0.5, 0.6) is 11.5 Å². The van der Waals surface area contributed by atoms with Crippen molar-refractivity contribution in [3.63, 3.8) is 0 Å². The zero-order chi connectivity index (χ0) is 15.1. The molecule has 0 saturated heterocycles. The molecule has 1 atom stereocenters. The highest BCUT2D eigenvalue weighted by atomic mass is 16.7. The average Bonchev–Trinajstić information content (AvgIpc) is 3.01. The number of ether oxygens (including phenoxy) is 2. The fraction of sp³-hybridized carbons (Fsp3) is 0.200. The molecule has 1 aromatic carbocycles. The fourth-order valence-corrected chi connectivity index (χ4v) is 2.79. The lowest BCUT2D eigenvalue weighted by molar-refractivity contribution is 0.173. The number of hydrogen-bond acceptors (Lipinski definition) is 7. The first-order chi connectivity index (χ1) is 10.8. The lowest BCUT2D eigenvalue weighted by atomic mass is 9.89. The van der Waals surface area contributed by atoms with E-state index in [1.165, 1.54) is 0 Å². The Hall–Kier alpha value is -2.80. The van der Waals surface area contributed by atoms with E-state index in [0.717, 1.165) is 28.2 Å². The van der Waals surface area contributed by atoms with Gasteiger partial charge in [-0.25, -0.2) is 0 Å². The van der Waals surface area contributed by atoms with Gasteiger partial charge in [0, 0.05) is 29.5 Å². The van der Waals surface area contributed by atoms with E-state index < -0.39 is 6.29 Å². The van der Waals surface area contributed by atoms with Gasteiger partial charge in [-0.1, -0.05) is 17.3 Å². The van der Waals surface area contributed by atoms with Gasteiger partial charge in [0.25, 0.3) is 0 Å². The highest BCUT2D eigenvalue weighted by molar-refractivity contribution is 6.21. The van der Waals surface area contributed by atoms with Crippen LogP contribution in [0.4, 0.5) is 0 Å². The number of nitrogens with zero attached hydrogens (tertiary/aromatic N) is 2. The molecule has 1 aliphatic carbocycles. The van der Waals surface area contributed by atoms with Crippen LogP contribution in [0.1, 0.15) is 12.0 Å². The average molecular weight is 298 g/mol. The maximum atomic E-state index is 9.30. The Morgan fingerprint density at radius 1 is 1.36 bits per heavy atom. The number of aliphatic imine (C=N–C) groups is 1. The molecule has 7 nitrogen and oxygen atoms in total. The van der Waals surface area contributed by atoms with Gasteiger partial charge in [0.15, 0.2) is 17.8 Å². The SMILES string of the molecule is NC1N=CC2=C(C=C(c3cccc4c3OCO4)CC2=NO)N1. The first-order valence-electron chi connectivity index (χ1n) is 6.86. The van der Waals surface area contributed by atoms with E-state index in [1.807, 2.05) is 24.3 Å². The van der Waals surface area contributed by atoms with Gasteiger partial charge >= 0.3 is 0 Å². The summed E-state index contributed by atoms with van der Waals surface area (Å²) in [5, 5.41) is 15.8. The summed E-state index contributed by atoms with van der Waals surface area (Å²) < 4.78 is 11.0. The number of oxime groups is 1. The van der Waals surface area contributed by atoms with Gasteiger partial charge in [-0.3, -0.25) is 10.7 Å². The molecule has 1 aromatic rings. The van der Waals surface area contributed by atoms with Gasteiger partial charge in [0.05, 0.1) is 5.71 Å². The maximum absolute atomic E-state index is 9.30. The molecule has 4 rings (SSSR count). The topological polar surface area (TPSA) is 101 Å². The van der Waals surface area contributed by atoms with Crippen molar-refractivity contribution in [3.05, 3.63) is 41.1 Å². The van der Waals surface area contributed by atoms with Crippen molar-refractivity contribution in [2.24, 2.45) is 15.9 Å². The van der Waals surface area contributed by atoms with Crippen LogP contribution >= 0.6 is 0 Å². The normalized spacial score (nSPS) is 24.1. The Morgan fingerprint density at radius 2 is 2.27 bits per heavy atom. The van der Waals surface area contributed by atoms with Crippen LogP contribution in [0, 0.1) is 0 Å². The summed E-state index contributed by atoms with van der Waals surface area (Å²) in [7, 11) is 0. The number of para-hydroxylation sites is 1. The second-order valence-corrected chi connectivity index (χ2v) is 5.13. The molecule has 4 N–H and O–H groups in total. The van der Waals surface area contributed by atoms with E-state index in [0.29, 0.717) is 17.9 Å². The van der Waals surface area contributed by atoms with Gasteiger partial charge < -0.3 is 20.0 Å². The lowest BCUT2D eigenvalue weighted by Crippen LogP contribution is -2.39. The van der Waals surface area contributed by atoms with Crippen LogP contribution in [-0.4, -0.2) is 30.2 Å². The third kappa shape index (κ3) is 1.94. The zero-order valence-electron chi connectivity index (χ0n) is 11.6. The van der Waals surface area contributed by atoms with Crippen molar-refractivity contribution in [2.45, 2.75) is 12.7 Å². The first kappa shape index (κ1) is 12.9. The van der Waals surface area contributed by atoms with E-state index in [-0.39, 0.29) is 6.79 Å². The summed E-state index contributed by atoms with van der Waals surface area (Å²) in [6.45, 7) is 0.213. The van der Waals surface area contributed by atoms with Gasteiger partial charge in [0.2, 0.25) is 6.79 Å². The van der Waals surface area contributed by atoms with Crippen LogP contribution in [0.3, 0.4) is 0 Å². The summed E-state index contributed by atoms with van der Waals surface area (Å²) in [5.74, 6) is 1.43. The Labute approximate surface area is 126 Å².